The number of aromatic nitrogens is 3. The number of hydrogen-bond acceptors (Lipinski definition) is 5. The van der Waals surface area contributed by atoms with Gasteiger partial charge in [-0.3, -0.25) is 4.79 Å². The third-order valence-electron chi connectivity index (χ3n) is 4.16. The molecule has 1 amide bonds. The number of carbonyl (C=O) groups is 1. The van der Waals surface area contributed by atoms with Crippen LogP contribution in [0, 0.1) is 0 Å². The molecule has 11 heteroatoms. The standard InChI is InChI=1S/C20H18BrF3N4O2S/c1-12(30-16-8-6-14(21)7-9-16)18-26-27-19(28(18)2)31-11-17(29)25-15-5-3-4-13(10-15)20(22,23)24/h3-10,12H,11H2,1-2H3,(H,25,29). The molecule has 1 atom stereocenters. The maximum Gasteiger partial charge on any atom is 0.416 e. The lowest BCUT2D eigenvalue weighted by molar-refractivity contribution is -0.137. The van der Waals surface area contributed by atoms with E-state index in [4.69, 9.17) is 4.74 Å². The van der Waals surface area contributed by atoms with E-state index in [1.165, 1.54) is 12.1 Å². The molecule has 2 aromatic carbocycles. The summed E-state index contributed by atoms with van der Waals surface area (Å²) in [7, 11) is 1.75. The predicted octanol–water partition coefficient (Wildman–Crippen LogP) is 5.47. The number of thioether (sulfide) groups is 1. The molecule has 1 unspecified atom stereocenters. The fraction of sp³-hybridized carbons (Fsp3) is 0.250. The van der Waals surface area contributed by atoms with E-state index in [9.17, 15) is 18.0 Å². The number of benzene rings is 2. The first-order valence-electron chi connectivity index (χ1n) is 9.05. The maximum atomic E-state index is 12.8. The molecule has 3 aromatic rings. The number of anilines is 1. The lowest BCUT2D eigenvalue weighted by Crippen LogP contribution is -2.15. The van der Waals surface area contributed by atoms with Gasteiger partial charge < -0.3 is 14.6 Å². The van der Waals surface area contributed by atoms with Crippen LogP contribution in [0.1, 0.15) is 24.4 Å². The average molecular weight is 515 g/mol. The second-order valence-electron chi connectivity index (χ2n) is 6.53. The van der Waals surface area contributed by atoms with Crippen LogP contribution < -0.4 is 10.1 Å². The van der Waals surface area contributed by atoms with Crippen molar-refractivity contribution < 1.29 is 22.7 Å². The summed E-state index contributed by atoms with van der Waals surface area (Å²) >= 11 is 4.49. The fourth-order valence-corrected chi connectivity index (χ4v) is 3.66. The Hall–Kier alpha value is -2.53. The third-order valence-corrected chi connectivity index (χ3v) is 5.71. The van der Waals surface area contributed by atoms with Gasteiger partial charge in [0.15, 0.2) is 17.1 Å². The number of nitrogens with zero attached hydrogens (tertiary/aromatic N) is 3. The van der Waals surface area contributed by atoms with E-state index in [2.05, 4.69) is 31.4 Å². The van der Waals surface area contributed by atoms with Gasteiger partial charge in [-0.05, 0) is 49.4 Å². The van der Waals surface area contributed by atoms with Crippen LogP contribution in [0.4, 0.5) is 18.9 Å². The normalized spacial score (nSPS) is 12.5. The molecule has 31 heavy (non-hydrogen) atoms. The van der Waals surface area contributed by atoms with Crippen molar-refractivity contribution in [3.63, 3.8) is 0 Å². The van der Waals surface area contributed by atoms with Crippen molar-refractivity contribution >= 4 is 39.3 Å². The summed E-state index contributed by atoms with van der Waals surface area (Å²) < 4.78 is 46.9. The van der Waals surface area contributed by atoms with E-state index < -0.39 is 17.6 Å². The van der Waals surface area contributed by atoms with Crippen LogP contribution >= 0.6 is 27.7 Å². The van der Waals surface area contributed by atoms with Gasteiger partial charge in [0.1, 0.15) is 5.75 Å². The molecule has 0 aliphatic rings. The number of alkyl halides is 3. The van der Waals surface area contributed by atoms with Crippen LogP contribution in [0.2, 0.25) is 0 Å². The molecular weight excluding hydrogens is 497 g/mol. The molecule has 0 bridgehead atoms. The van der Waals surface area contributed by atoms with E-state index >= 15 is 0 Å². The highest BCUT2D eigenvalue weighted by molar-refractivity contribution is 9.10. The highest BCUT2D eigenvalue weighted by Crippen LogP contribution is 2.31. The molecule has 0 aliphatic carbocycles. The van der Waals surface area contributed by atoms with E-state index in [-0.39, 0.29) is 17.5 Å². The highest BCUT2D eigenvalue weighted by atomic mass is 79.9. The zero-order valence-corrected chi connectivity index (χ0v) is 18.9. The van der Waals surface area contributed by atoms with Crippen molar-refractivity contribution in [1.29, 1.82) is 0 Å². The molecule has 1 heterocycles. The van der Waals surface area contributed by atoms with Gasteiger partial charge in [-0.15, -0.1) is 10.2 Å². The average Bonchev–Trinajstić information content (AvgIpc) is 3.08. The topological polar surface area (TPSA) is 69.0 Å². The second kappa shape index (κ2) is 9.73. The molecule has 164 valence electrons. The Morgan fingerprint density at radius 2 is 1.94 bits per heavy atom. The van der Waals surface area contributed by atoms with Gasteiger partial charge >= 0.3 is 6.18 Å². The molecule has 3 rings (SSSR count). The Kier molecular flexibility index (Phi) is 7.26. The van der Waals surface area contributed by atoms with Crippen LogP contribution in [0.5, 0.6) is 5.75 Å². The largest absolute Gasteiger partial charge is 0.483 e. The zero-order valence-electron chi connectivity index (χ0n) is 16.5. The highest BCUT2D eigenvalue weighted by Gasteiger charge is 2.30. The lowest BCUT2D eigenvalue weighted by Gasteiger charge is -2.14. The molecule has 6 nitrogen and oxygen atoms in total. The van der Waals surface area contributed by atoms with Crippen LogP contribution in [-0.4, -0.2) is 26.4 Å². The predicted molar refractivity (Wildman–Crippen MR) is 115 cm³/mol. The summed E-state index contributed by atoms with van der Waals surface area (Å²) in [6, 6.07) is 11.9. The Balaban J connectivity index is 1.58. The lowest BCUT2D eigenvalue weighted by atomic mass is 10.2. The van der Waals surface area contributed by atoms with E-state index in [0.717, 1.165) is 28.4 Å². The van der Waals surface area contributed by atoms with Gasteiger partial charge in [-0.25, -0.2) is 0 Å². The summed E-state index contributed by atoms with van der Waals surface area (Å²) in [6.45, 7) is 1.83. The summed E-state index contributed by atoms with van der Waals surface area (Å²) in [4.78, 5) is 12.2. The van der Waals surface area contributed by atoms with Crippen LogP contribution in [0.25, 0.3) is 0 Å². The Bertz CT molecular complexity index is 1060. The third kappa shape index (κ3) is 6.23. The molecular formula is C20H18BrF3N4O2S. The minimum absolute atomic E-state index is 0.0375. The molecule has 0 aliphatic heterocycles. The monoisotopic (exact) mass is 514 g/mol. The van der Waals surface area contributed by atoms with Gasteiger partial charge in [-0.2, -0.15) is 13.2 Å². The van der Waals surface area contributed by atoms with Crippen molar-refractivity contribution in [3.8, 4) is 5.75 Å². The summed E-state index contributed by atoms with van der Waals surface area (Å²) in [5.74, 6) is 0.759. The van der Waals surface area contributed by atoms with Crippen molar-refractivity contribution in [2.24, 2.45) is 7.05 Å². The molecule has 0 saturated heterocycles. The second-order valence-corrected chi connectivity index (χ2v) is 8.39. The summed E-state index contributed by atoms with van der Waals surface area (Å²) in [5, 5.41) is 11.2. The molecule has 0 fully saturated rings. The molecule has 1 aromatic heterocycles. The number of rotatable bonds is 7. The van der Waals surface area contributed by atoms with Crippen LogP contribution in [-0.2, 0) is 18.0 Å². The first-order chi connectivity index (χ1) is 14.6. The number of nitrogens with one attached hydrogen (secondary N) is 1. The Morgan fingerprint density at radius 3 is 2.61 bits per heavy atom. The zero-order chi connectivity index (χ0) is 22.6. The first-order valence-corrected chi connectivity index (χ1v) is 10.8. The van der Waals surface area contributed by atoms with Gasteiger partial charge in [0.25, 0.3) is 0 Å². The number of hydrogen-bond donors (Lipinski definition) is 1. The van der Waals surface area contributed by atoms with Gasteiger partial charge in [0.05, 0.1) is 11.3 Å². The first kappa shape index (κ1) is 23.1. The van der Waals surface area contributed by atoms with E-state index in [1.807, 2.05) is 31.2 Å². The van der Waals surface area contributed by atoms with Crippen molar-refractivity contribution in [3.05, 3.63) is 64.4 Å². The number of halogens is 4. The van der Waals surface area contributed by atoms with E-state index in [0.29, 0.717) is 16.7 Å². The molecule has 0 saturated carbocycles. The maximum absolute atomic E-state index is 12.8. The Morgan fingerprint density at radius 1 is 1.23 bits per heavy atom. The molecule has 0 radical (unpaired) electrons. The number of ether oxygens (including phenoxy) is 1. The number of amides is 1. The van der Waals surface area contributed by atoms with Crippen molar-refractivity contribution in [2.75, 3.05) is 11.1 Å². The smallest absolute Gasteiger partial charge is 0.416 e. The van der Waals surface area contributed by atoms with Gasteiger partial charge in [0.2, 0.25) is 5.91 Å². The van der Waals surface area contributed by atoms with E-state index in [1.54, 1.807) is 11.6 Å². The minimum atomic E-state index is -4.47. The van der Waals surface area contributed by atoms with Crippen LogP contribution in [0.15, 0.2) is 58.2 Å². The van der Waals surface area contributed by atoms with Crippen molar-refractivity contribution in [2.45, 2.75) is 24.4 Å². The summed E-state index contributed by atoms with van der Waals surface area (Å²) in [6.07, 6.45) is -4.86. The Labute approximate surface area is 189 Å². The molecule has 1 N–H and O–H groups in total. The van der Waals surface area contributed by atoms with Crippen LogP contribution in [0.3, 0.4) is 0 Å². The molecule has 0 spiro atoms. The minimum Gasteiger partial charge on any atom is -0.483 e. The van der Waals surface area contributed by atoms with Gasteiger partial charge in [-0.1, -0.05) is 33.8 Å². The SMILES string of the molecule is CC(Oc1ccc(Br)cc1)c1nnc(SCC(=O)Nc2cccc(C(F)(F)F)c2)n1C. The quantitative estimate of drug-likeness (QED) is 0.423. The summed E-state index contributed by atoms with van der Waals surface area (Å²) in [5.41, 5.74) is -0.744. The van der Waals surface area contributed by atoms with Gasteiger partial charge in [0, 0.05) is 17.2 Å². The fourth-order valence-electron chi connectivity index (χ4n) is 2.68. The van der Waals surface area contributed by atoms with Crippen molar-refractivity contribution in [1.82, 2.24) is 14.8 Å². The number of carbonyl (C=O) groups excluding carboxylic acids is 1.